The van der Waals surface area contributed by atoms with E-state index < -0.39 is 11.6 Å². The van der Waals surface area contributed by atoms with Gasteiger partial charge < -0.3 is 9.84 Å². The smallest absolute Gasteiger partial charge is 0.338 e. The summed E-state index contributed by atoms with van der Waals surface area (Å²) in [6.45, 7) is 7.84. The first-order valence-corrected chi connectivity index (χ1v) is 6.95. The molecule has 0 aliphatic carbocycles. The highest BCUT2D eigenvalue weighted by atomic mass is 16.5. The van der Waals surface area contributed by atoms with Crippen LogP contribution in [0.15, 0.2) is 24.3 Å². The fourth-order valence-corrected chi connectivity index (χ4v) is 2.44. The summed E-state index contributed by atoms with van der Waals surface area (Å²) in [7, 11) is 0. The highest BCUT2D eigenvalue weighted by Gasteiger charge is 2.43. The van der Waals surface area contributed by atoms with Gasteiger partial charge in [0.2, 0.25) is 0 Å². The molecule has 0 spiro atoms. The molecule has 106 valence electrons. The summed E-state index contributed by atoms with van der Waals surface area (Å²) >= 11 is 0. The van der Waals surface area contributed by atoms with Crippen LogP contribution in [0, 0.1) is 6.92 Å². The number of ether oxygens (including phenoxy) is 1. The molecule has 2 unspecified atom stereocenters. The molecule has 0 aliphatic heterocycles. The third kappa shape index (κ3) is 3.35. The van der Waals surface area contributed by atoms with E-state index in [9.17, 15) is 9.90 Å². The number of rotatable bonds is 6. The fraction of sp³-hybridized carbons (Fsp3) is 0.562. The van der Waals surface area contributed by atoms with Gasteiger partial charge in [-0.3, -0.25) is 0 Å². The Morgan fingerprint density at radius 2 is 1.84 bits per heavy atom. The van der Waals surface area contributed by atoms with Gasteiger partial charge in [-0.15, -0.1) is 0 Å². The van der Waals surface area contributed by atoms with E-state index in [0.717, 1.165) is 11.1 Å². The lowest BCUT2D eigenvalue weighted by Gasteiger charge is -2.33. The zero-order valence-electron chi connectivity index (χ0n) is 12.3. The van der Waals surface area contributed by atoms with Gasteiger partial charge in [0.1, 0.15) is 0 Å². The van der Waals surface area contributed by atoms with Crippen LogP contribution in [0.4, 0.5) is 0 Å². The molecule has 1 rings (SSSR count). The number of esters is 1. The molecule has 0 radical (unpaired) electrons. The van der Waals surface area contributed by atoms with Crippen LogP contribution in [-0.2, 0) is 9.53 Å². The molecule has 3 heteroatoms. The summed E-state index contributed by atoms with van der Waals surface area (Å²) in [6, 6.07) is 7.95. The van der Waals surface area contributed by atoms with Crippen molar-refractivity contribution in [3.05, 3.63) is 35.4 Å². The molecular weight excluding hydrogens is 240 g/mol. The van der Waals surface area contributed by atoms with Gasteiger partial charge in [-0.2, -0.15) is 0 Å². The minimum Gasteiger partial charge on any atom is -0.464 e. The van der Waals surface area contributed by atoms with E-state index in [1.54, 1.807) is 6.92 Å². The second kappa shape index (κ2) is 6.71. The lowest BCUT2D eigenvalue weighted by atomic mass is 9.78. The zero-order chi connectivity index (χ0) is 14.5. The van der Waals surface area contributed by atoms with Crippen LogP contribution < -0.4 is 0 Å². The van der Waals surface area contributed by atoms with E-state index in [-0.39, 0.29) is 12.5 Å². The molecule has 0 aromatic heterocycles. The maximum Gasteiger partial charge on any atom is 0.338 e. The molecule has 19 heavy (non-hydrogen) atoms. The average molecular weight is 264 g/mol. The van der Waals surface area contributed by atoms with E-state index >= 15 is 0 Å². The van der Waals surface area contributed by atoms with Gasteiger partial charge in [0.25, 0.3) is 0 Å². The first-order chi connectivity index (χ1) is 8.99. The Morgan fingerprint density at radius 3 is 2.26 bits per heavy atom. The van der Waals surface area contributed by atoms with Crippen molar-refractivity contribution in [2.24, 2.45) is 0 Å². The third-order valence-electron chi connectivity index (χ3n) is 3.63. The lowest BCUT2D eigenvalue weighted by Crippen LogP contribution is -2.45. The van der Waals surface area contributed by atoms with Crippen LogP contribution in [0.1, 0.15) is 50.7 Å². The Kier molecular flexibility index (Phi) is 5.55. The van der Waals surface area contributed by atoms with Crippen molar-refractivity contribution < 1.29 is 14.6 Å². The predicted octanol–water partition coefficient (Wildman–Crippen LogP) is 3.19. The molecule has 1 aromatic carbocycles. The molecule has 0 saturated heterocycles. The van der Waals surface area contributed by atoms with Crippen molar-refractivity contribution in [3.63, 3.8) is 0 Å². The number of benzene rings is 1. The minimum absolute atomic E-state index is 0.239. The largest absolute Gasteiger partial charge is 0.464 e. The molecule has 0 aliphatic rings. The number of hydrogen-bond acceptors (Lipinski definition) is 3. The monoisotopic (exact) mass is 264 g/mol. The van der Waals surface area contributed by atoms with Gasteiger partial charge in [-0.25, -0.2) is 4.79 Å². The molecule has 0 heterocycles. The topological polar surface area (TPSA) is 46.5 Å². The Bertz CT molecular complexity index is 411. The molecule has 0 fully saturated rings. The highest BCUT2D eigenvalue weighted by molar-refractivity contribution is 5.80. The molecule has 3 nitrogen and oxygen atoms in total. The summed E-state index contributed by atoms with van der Waals surface area (Å²) in [5.41, 5.74) is 0.695. The van der Waals surface area contributed by atoms with Crippen molar-refractivity contribution in [1.82, 2.24) is 0 Å². The molecule has 0 bridgehead atoms. The molecule has 1 aromatic rings. The first-order valence-electron chi connectivity index (χ1n) is 6.95. The maximum atomic E-state index is 12.1. The van der Waals surface area contributed by atoms with Crippen molar-refractivity contribution in [3.8, 4) is 0 Å². The van der Waals surface area contributed by atoms with Crippen molar-refractivity contribution in [2.45, 2.75) is 52.1 Å². The van der Waals surface area contributed by atoms with Gasteiger partial charge in [0.05, 0.1) is 6.61 Å². The number of carbonyl (C=O) groups is 1. The molecule has 0 amide bonds. The van der Waals surface area contributed by atoms with Crippen LogP contribution >= 0.6 is 0 Å². The van der Waals surface area contributed by atoms with Crippen LogP contribution in [0.3, 0.4) is 0 Å². The Labute approximate surface area is 115 Å². The zero-order valence-corrected chi connectivity index (χ0v) is 12.3. The Morgan fingerprint density at radius 1 is 1.26 bits per heavy atom. The van der Waals surface area contributed by atoms with Gasteiger partial charge in [0.15, 0.2) is 5.60 Å². The van der Waals surface area contributed by atoms with Gasteiger partial charge in [-0.05, 0) is 32.3 Å². The van der Waals surface area contributed by atoms with E-state index in [1.165, 1.54) is 0 Å². The van der Waals surface area contributed by atoms with Crippen molar-refractivity contribution in [1.29, 1.82) is 0 Å². The summed E-state index contributed by atoms with van der Waals surface area (Å²) < 4.78 is 5.04. The lowest BCUT2D eigenvalue weighted by molar-refractivity contribution is -0.168. The first kappa shape index (κ1) is 15.7. The SMILES string of the molecule is CCOC(=O)C(O)(CC)C(CC)c1ccc(C)cc1. The Balaban J connectivity index is 3.11. The second-order valence-electron chi connectivity index (χ2n) is 4.87. The molecular formula is C16H24O3. The van der Waals surface area contributed by atoms with Crippen LogP contribution in [0.2, 0.25) is 0 Å². The fourth-order valence-electron chi connectivity index (χ4n) is 2.44. The van der Waals surface area contributed by atoms with Crippen LogP contribution in [0.5, 0.6) is 0 Å². The van der Waals surface area contributed by atoms with E-state index in [1.807, 2.05) is 45.0 Å². The highest BCUT2D eigenvalue weighted by Crippen LogP contribution is 2.35. The molecule has 2 atom stereocenters. The summed E-state index contributed by atoms with van der Waals surface area (Å²) in [5.74, 6) is -0.762. The van der Waals surface area contributed by atoms with Crippen LogP contribution in [-0.4, -0.2) is 23.3 Å². The third-order valence-corrected chi connectivity index (χ3v) is 3.63. The van der Waals surface area contributed by atoms with Gasteiger partial charge >= 0.3 is 5.97 Å². The van der Waals surface area contributed by atoms with E-state index in [4.69, 9.17) is 4.74 Å². The minimum atomic E-state index is -1.44. The normalized spacial score (nSPS) is 15.6. The van der Waals surface area contributed by atoms with Crippen molar-refractivity contribution >= 4 is 5.97 Å². The summed E-state index contributed by atoms with van der Waals surface area (Å²) in [6.07, 6.45) is 1.03. The number of aliphatic hydroxyl groups is 1. The standard InChI is InChI=1S/C16H24O3/c1-5-14(13-10-8-12(4)9-11-13)16(18,6-2)15(17)19-7-3/h8-11,14,18H,5-7H2,1-4H3. The summed E-state index contributed by atoms with van der Waals surface area (Å²) in [4.78, 5) is 12.1. The quantitative estimate of drug-likeness (QED) is 0.803. The molecule has 0 saturated carbocycles. The Hall–Kier alpha value is -1.35. The maximum absolute atomic E-state index is 12.1. The number of carbonyl (C=O) groups excluding carboxylic acids is 1. The van der Waals surface area contributed by atoms with E-state index in [0.29, 0.717) is 12.8 Å². The summed E-state index contributed by atoms with van der Waals surface area (Å²) in [5, 5.41) is 10.7. The van der Waals surface area contributed by atoms with Crippen LogP contribution in [0.25, 0.3) is 0 Å². The number of hydrogen-bond donors (Lipinski definition) is 1. The number of aryl methyl sites for hydroxylation is 1. The predicted molar refractivity (Wildman–Crippen MR) is 76.1 cm³/mol. The van der Waals surface area contributed by atoms with E-state index in [2.05, 4.69) is 0 Å². The average Bonchev–Trinajstić information content (AvgIpc) is 2.41. The molecule has 1 N–H and O–H groups in total. The van der Waals surface area contributed by atoms with Gasteiger partial charge in [-0.1, -0.05) is 43.7 Å². The second-order valence-corrected chi connectivity index (χ2v) is 4.87. The van der Waals surface area contributed by atoms with Crippen molar-refractivity contribution in [2.75, 3.05) is 6.61 Å². The van der Waals surface area contributed by atoms with Gasteiger partial charge in [0, 0.05) is 5.92 Å².